The quantitative estimate of drug-likeness (QED) is 0.720. The van der Waals surface area contributed by atoms with Gasteiger partial charge in [-0.1, -0.05) is 11.6 Å². The van der Waals surface area contributed by atoms with Gasteiger partial charge < -0.3 is 4.74 Å². The van der Waals surface area contributed by atoms with Gasteiger partial charge in [-0.3, -0.25) is 4.79 Å². The molecule has 20 heavy (non-hydrogen) atoms. The Kier molecular flexibility index (Phi) is 4.84. The zero-order valence-electron chi connectivity index (χ0n) is 11.2. The van der Waals surface area contributed by atoms with E-state index in [0.29, 0.717) is 22.8 Å². The SMILES string of the molecule is CCOc1ccc(C(=O)c2ccc(Cl)c(C)c2)c(Br)c1. The molecular weight excluding hydrogens is 340 g/mol. The summed E-state index contributed by atoms with van der Waals surface area (Å²) in [5.41, 5.74) is 2.12. The van der Waals surface area contributed by atoms with Gasteiger partial charge in [0, 0.05) is 20.6 Å². The van der Waals surface area contributed by atoms with Gasteiger partial charge in [0.2, 0.25) is 0 Å². The van der Waals surface area contributed by atoms with Crippen molar-refractivity contribution >= 4 is 33.3 Å². The first-order valence-electron chi connectivity index (χ1n) is 6.26. The van der Waals surface area contributed by atoms with Crippen LogP contribution in [-0.4, -0.2) is 12.4 Å². The number of carbonyl (C=O) groups excluding carboxylic acids is 1. The molecule has 2 rings (SSSR count). The van der Waals surface area contributed by atoms with Crippen LogP contribution in [-0.2, 0) is 0 Å². The Bertz CT molecular complexity index is 653. The van der Waals surface area contributed by atoms with Crippen molar-refractivity contribution in [3.05, 3.63) is 62.6 Å². The van der Waals surface area contributed by atoms with Crippen LogP contribution in [0.3, 0.4) is 0 Å². The van der Waals surface area contributed by atoms with Gasteiger partial charge in [0.25, 0.3) is 0 Å². The van der Waals surface area contributed by atoms with Crippen LogP contribution in [0.1, 0.15) is 28.4 Å². The van der Waals surface area contributed by atoms with Crippen molar-refractivity contribution in [3.8, 4) is 5.75 Å². The van der Waals surface area contributed by atoms with Gasteiger partial charge in [-0.2, -0.15) is 0 Å². The van der Waals surface area contributed by atoms with Crippen molar-refractivity contribution in [1.29, 1.82) is 0 Å². The van der Waals surface area contributed by atoms with E-state index < -0.39 is 0 Å². The molecule has 0 unspecified atom stereocenters. The van der Waals surface area contributed by atoms with Crippen molar-refractivity contribution in [2.75, 3.05) is 6.61 Å². The number of ether oxygens (including phenoxy) is 1. The number of ketones is 1. The van der Waals surface area contributed by atoms with Crippen LogP contribution in [0.25, 0.3) is 0 Å². The number of carbonyl (C=O) groups is 1. The fourth-order valence-corrected chi connectivity index (χ4v) is 2.53. The number of hydrogen-bond acceptors (Lipinski definition) is 2. The van der Waals surface area contributed by atoms with Gasteiger partial charge in [0.1, 0.15) is 5.75 Å². The maximum Gasteiger partial charge on any atom is 0.194 e. The van der Waals surface area contributed by atoms with Crippen molar-refractivity contribution in [2.45, 2.75) is 13.8 Å². The minimum Gasteiger partial charge on any atom is -0.494 e. The summed E-state index contributed by atoms with van der Waals surface area (Å²) in [6, 6.07) is 10.6. The lowest BCUT2D eigenvalue weighted by Crippen LogP contribution is -2.03. The summed E-state index contributed by atoms with van der Waals surface area (Å²) in [4.78, 5) is 12.5. The summed E-state index contributed by atoms with van der Waals surface area (Å²) >= 11 is 9.40. The highest BCUT2D eigenvalue weighted by atomic mass is 79.9. The Morgan fingerprint density at radius 3 is 2.60 bits per heavy atom. The standard InChI is InChI=1S/C16H14BrClO2/c1-3-20-12-5-6-13(14(17)9-12)16(19)11-4-7-15(18)10(2)8-11/h4-9H,3H2,1-2H3. The molecule has 0 fully saturated rings. The molecule has 0 atom stereocenters. The van der Waals surface area contributed by atoms with E-state index in [-0.39, 0.29) is 5.78 Å². The number of halogens is 2. The first-order chi connectivity index (χ1) is 9.52. The monoisotopic (exact) mass is 352 g/mol. The van der Waals surface area contributed by atoms with Crippen molar-refractivity contribution in [3.63, 3.8) is 0 Å². The summed E-state index contributed by atoms with van der Waals surface area (Å²) < 4.78 is 6.13. The van der Waals surface area contributed by atoms with Gasteiger partial charge in [-0.05, 0) is 71.7 Å². The lowest BCUT2D eigenvalue weighted by molar-refractivity contribution is 0.103. The second kappa shape index (κ2) is 6.42. The van der Waals surface area contributed by atoms with E-state index in [9.17, 15) is 4.79 Å². The fourth-order valence-electron chi connectivity index (χ4n) is 1.88. The zero-order valence-corrected chi connectivity index (χ0v) is 13.6. The minimum atomic E-state index is -0.0420. The summed E-state index contributed by atoms with van der Waals surface area (Å²) in [7, 11) is 0. The van der Waals surface area contributed by atoms with Gasteiger partial charge in [-0.25, -0.2) is 0 Å². The largest absolute Gasteiger partial charge is 0.494 e. The van der Waals surface area contributed by atoms with Crippen molar-refractivity contribution in [1.82, 2.24) is 0 Å². The third kappa shape index (κ3) is 3.22. The molecule has 2 aromatic rings. The van der Waals surface area contributed by atoms with Crippen LogP contribution in [0.15, 0.2) is 40.9 Å². The third-order valence-corrected chi connectivity index (χ3v) is 4.00. The molecule has 0 spiro atoms. The summed E-state index contributed by atoms with van der Waals surface area (Å²) in [6.45, 7) is 4.39. The van der Waals surface area contributed by atoms with Crippen LogP contribution in [0.4, 0.5) is 0 Å². The molecule has 0 aliphatic rings. The lowest BCUT2D eigenvalue weighted by atomic mass is 10.0. The Balaban J connectivity index is 2.35. The van der Waals surface area contributed by atoms with Gasteiger partial charge in [0.15, 0.2) is 5.78 Å². The molecule has 2 aromatic carbocycles. The van der Waals surface area contributed by atoms with E-state index >= 15 is 0 Å². The molecule has 4 heteroatoms. The van der Waals surface area contributed by atoms with Crippen LogP contribution in [0.5, 0.6) is 5.75 Å². The molecule has 0 aliphatic carbocycles. The lowest BCUT2D eigenvalue weighted by Gasteiger charge is -2.08. The highest BCUT2D eigenvalue weighted by Crippen LogP contribution is 2.26. The third-order valence-electron chi connectivity index (χ3n) is 2.92. The molecule has 0 saturated heterocycles. The molecule has 0 saturated carbocycles. The highest BCUT2D eigenvalue weighted by molar-refractivity contribution is 9.10. The Hall–Kier alpha value is -1.32. The Morgan fingerprint density at radius 2 is 2.00 bits per heavy atom. The summed E-state index contributed by atoms with van der Waals surface area (Å²) in [6.07, 6.45) is 0. The van der Waals surface area contributed by atoms with E-state index in [1.165, 1.54) is 0 Å². The minimum absolute atomic E-state index is 0.0420. The average molecular weight is 354 g/mol. The molecule has 104 valence electrons. The van der Waals surface area contributed by atoms with E-state index in [2.05, 4.69) is 15.9 Å². The number of benzene rings is 2. The molecule has 0 aliphatic heterocycles. The highest BCUT2D eigenvalue weighted by Gasteiger charge is 2.14. The molecule has 0 aromatic heterocycles. The van der Waals surface area contributed by atoms with Gasteiger partial charge in [-0.15, -0.1) is 0 Å². The van der Waals surface area contributed by atoms with Crippen molar-refractivity contribution in [2.24, 2.45) is 0 Å². The summed E-state index contributed by atoms with van der Waals surface area (Å²) in [5.74, 6) is 0.697. The predicted molar refractivity (Wildman–Crippen MR) is 84.9 cm³/mol. The maximum absolute atomic E-state index is 12.5. The first kappa shape index (κ1) is 15.1. The van der Waals surface area contributed by atoms with E-state index in [1.54, 1.807) is 36.4 Å². The maximum atomic E-state index is 12.5. The number of aryl methyl sites for hydroxylation is 1. The van der Waals surface area contributed by atoms with Crippen LogP contribution in [0, 0.1) is 6.92 Å². The molecule has 0 bridgehead atoms. The topological polar surface area (TPSA) is 26.3 Å². The number of rotatable bonds is 4. The van der Waals surface area contributed by atoms with Crippen molar-refractivity contribution < 1.29 is 9.53 Å². The number of hydrogen-bond donors (Lipinski definition) is 0. The van der Waals surface area contributed by atoms with E-state index in [0.717, 1.165) is 15.8 Å². The molecular formula is C16H14BrClO2. The molecule has 2 nitrogen and oxygen atoms in total. The van der Waals surface area contributed by atoms with Gasteiger partial charge >= 0.3 is 0 Å². The second-order valence-corrected chi connectivity index (χ2v) is 5.63. The normalized spacial score (nSPS) is 10.4. The smallest absolute Gasteiger partial charge is 0.194 e. The second-order valence-electron chi connectivity index (χ2n) is 4.37. The van der Waals surface area contributed by atoms with E-state index in [4.69, 9.17) is 16.3 Å². The van der Waals surface area contributed by atoms with Crippen LogP contribution in [0.2, 0.25) is 5.02 Å². The predicted octanol–water partition coefficient (Wildman–Crippen LogP) is 5.04. The van der Waals surface area contributed by atoms with E-state index in [1.807, 2.05) is 13.8 Å². The first-order valence-corrected chi connectivity index (χ1v) is 7.43. The Labute approximate surface area is 131 Å². The van der Waals surface area contributed by atoms with Crippen LogP contribution >= 0.6 is 27.5 Å². The molecule has 0 N–H and O–H groups in total. The Morgan fingerprint density at radius 1 is 1.25 bits per heavy atom. The molecule has 0 radical (unpaired) electrons. The van der Waals surface area contributed by atoms with Crippen LogP contribution < -0.4 is 4.74 Å². The fraction of sp³-hybridized carbons (Fsp3) is 0.188. The molecule has 0 amide bonds. The van der Waals surface area contributed by atoms with Gasteiger partial charge in [0.05, 0.1) is 6.61 Å². The average Bonchev–Trinajstić information content (AvgIpc) is 2.42. The summed E-state index contributed by atoms with van der Waals surface area (Å²) in [5, 5.41) is 0.660. The zero-order chi connectivity index (χ0) is 14.7. The molecule has 0 heterocycles.